The van der Waals surface area contributed by atoms with E-state index in [0.29, 0.717) is 31.6 Å². The highest BCUT2D eigenvalue weighted by Crippen LogP contribution is 2.35. The summed E-state index contributed by atoms with van der Waals surface area (Å²) in [6.45, 7) is 1.23. The van der Waals surface area contributed by atoms with Crippen molar-refractivity contribution < 1.29 is 22.7 Å². The first-order valence-electron chi connectivity index (χ1n) is 10.2. The van der Waals surface area contributed by atoms with Gasteiger partial charge in [-0.15, -0.1) is 0 Å². The van der Waals surface area contributed by atoms with E-state index >= 15 is 0 Å². The number of nitrogens with one attached hydrogen (secondary N) is 3. The van der Waals surface area contributed by atoms with Crippen LogP contribution in [0.4, 0.5) is 11.4 Å². The van der Waals surface area contributed by atoms with Gasteiger partial charge in [0.1, 0.15) is 10.6 Å². The van der Waals surface area contributed by atoms with Gasteiger partial charge in [0, 0.05) is 30.9 Å². The molecule has 1 saturated heterocycles. The third-order valence-corrected chi connectivity index (χ3v) is 7.28. The second-order valence-corrected chi connectivity index (χ2v) is 9.79. The maximum Gasteiger partial charge on any atom is 0.262 e. The lowest BCUT2D eigenvalue weighted by Crippen LogP contribution is -2.46. The number of hydrogen-bond acceptors (Lipinski definition) is 6. The Kier molecular flexibility index (Phi) is 6.66. The van der Waals surface area contributed by atoms with Gasteiger partial charge in [-0.05, 0) is 31.0 Å². The van der Waals surface area contributed by atoms with Crippen LogP contribution < -0.4 is 20.1 Å². The van der Waals surface area contributed by atoms with Gasteiger partial charge in [0.25, 0.3) is 5.91 Å². The first kappa shape index (κ1) is 22.5. The van der Waals surface area contributed by atoms with Gasteiger partial charge in [0.2, 0.25) is 15.9 Å². The molecule has 0 aliphatic carbocycles. The number of benzene rings is 2. The Balaban J connectivity index is 1.33. The molecule has 2 amide bonds. The summed E-state index contributed by atoms with van der Waals surface area (Å²) >= 11 is 6.18. The normalized spacial score (nSPS) is 17.2. The number of fused-ring (bicyclic) bond motifs is 1. The van der Waals surface area contributed by atoms with E-state index in [2.05, 4.69) is 15.4 Å². The molecule has 0 spiro atoms. The number of rotatable bonds is 6. The molecular weight excluding hydrogens is 456 g/mol. The van der Waals surface area contributed by atoms with Crippen molar-refractivity contribution in [2.45, 2.75) is 23.8 Å². The maximum atomic E-state index is 12.9. The fourth-order valence-electron chi connectivity index (χ4n) is 3.70. The minimum atomic E-state index is -3.89. The molecule has 2 aromatic rings. The van der Waals surface area contributed by atoms with Crippen LogP contribution in [0.5, 0.6) is 5.75 Å². The number of halogens is 1. The highest BCUT2D eigenvalue weighted by molar-refractivity contribution is 7.89. The molecule has 4 rings (SSSR count). The molecule has 0 radical (unpaired) electrons. The molecule has 2 aliphatic rings. The molecule has 0 aromatic heterocycles. The molecule has 3 N–H and O–H groups in total. The van der Waals surface area contributed by atoms with Crippen molar-refractivity contribution in [3.05, 3.63) is 47.5 Å². The van der Waals surface area contributed by atoms with Gasteiger partial charge in [0.05, 0.1) is 17.3 Å². The Morgan fingerprint density at radius 3 is 2.62 bits per heavy atom. The Bertz CT molecular complexity index is 1120. The summed E-state index contributed by atoms with van der Waals surface area (Å²) in [5.74, 6) is -0.178. The van der Waals surface area contributed by atoms with Crippen molar-refractivity contribution in [2.75, 3.05) is 36.9 Å². The van der Waals surface area contributed by atoms with Crippen molar-refractivity contribution in [3.8, 4) is 5.75 Å². The van der Waals surface area contributed by atoms with Crippen molar-refractivity contribution >= 4 is 44.8 Å². The van der Waals surface area contributed by atoms with Gasteiger partial charge < -0.3 is 15.4 Å². The molecule has 1 fully saturated rings. The van der Waals surface area contributed by atoms with Crippen LogP contribution in [-0.4, -0.2) is 57.4 Å². The van der Waals surface area contributed by atoms with Crippen LogP contribution in [-0.2, 0) is 19.6 Å². The lowest BCUT2D eigenvalue weighted by molar-refractivity contribution is -0.119. The van der Waals surface area contributed by atoms with Gasteiger partial charge in [-0.25, -0.2) is 13.1 Å². The van der Waals surface area contributed by atoms with E-state index in [-0.39, 0.29) is 46.7 Å². The molecule has 0 unspecified atom stereocenters. The lowest BCUT2D eigenvalue weighted by atomic mass is 10.1. The van der Waals surface area contributed by atoms with Crippen molar-refractivity contribution in [1.29, 1.82) is 0 Å². The summed E-state index contributed by atoms with van der Waals surface area (Å²) in [5, 5.41) is 5.44. The van der Waals surface area contributed by atoms with Gasteiger partial charge in [-0.2, -0.15) is 0 Å². The van der Waals surface area contributed by atoms with E-state index in [9.17, 15) is 18.0 Å². The van der Waals surface area contributed by atoms with Crippen LogP contribution in [0.3, 0.4) is 0 Å². The highest BCUT2D eigenvalue weighted by Gasteiger charge is 2.29. The maximum absolute atomic E-state index is 12.9. The average molecular weight is 479 g/mol. The van der Waals surface area contributed by atoms with E-state index in [0.717, 1.165) is 5.69 Å². The van der Waals surface area contributed by atoms with E-state index in [4.69, 9.17) is 16.3 Å². The largest absolute Gasteiger partial charge is 0.482 e. The lowest BCUT2D eigenvalue weighted by Gasteiger charge is -2.31. The number of hydrogen-bond donors (Lipinski definition) is 3. The molecule has 2 aromatic carbocycles. The Morgan fingerprint density at radius 1 is 1.19 bits per heavy atom. The summed E-state index contributed by atoms with van der Waals surface area (Å²) in [6.07, 6.45) is 1.12. The zero-order valence-electron chi connectivity index (χ0n) is 17.1. The van der Waals surface area contributed by atoms with Gasteiger partial charge in [-0.3, -0.25) is 14.5 Å². The molecule has 2 heterocycles. The smallest absolute Gasteiger partial charge is 0.262 e. The van der Waals surface area contributed by atoms with Crippen LogP contribution in [0.15, 0.2) is 47.4 Å². The molecule has 32 heavy (non-hydrogen) atoms. The molecule has 2 aliphatic heterocycles. The number of sulfonamides is 1. The Morgan fingerprint density at radius 2 is 1.91 bits per heavy atom. The van der Waals surface area contributed by atoms with Crippen LogP contribution in [0, 0.1) is 0 Å². The fraction of sp³-hybridized carbons (Fsp3) is 0.333. The molecule has 0 atom stereocenters. The summed E-state index contributed by atoms with van der Waals surface area (Å²) < 4.78 is 33.8. The number of amides is 2. The first-order chi connectivity index (χ1) is 15.3. The zero-order valence-corrected chi connectivity index (χ0v) is 18.7. The number of para-hydroxylation sites is 1. The number of likely N-dealkylation sites (tertiary alicyclic amines) is 1. The van der Waals surface area contributed by atoms with Crippen LogP contribution in [0.2, 0.25) is 5.02 Å². The minimum Gasteiger partial charge on any atom is -0.482 e. The fourth-order valence-corrected chi connectivity index (χ4v) is 5.55. The topological polar surface area (TPSA) is 117 Å². The second-order valence-electron chi connectivity index (χ2n) is 7.70. The highest BCUT2D eigenvalue weighted by atomic mass is 35.5. The molecule has 11 heteroatoms. The predicted molar refractivity (Wildman–Crippen MR) is 120 cm³/mol. The van der Waals surface area contributed by atoms with Crippen molar-refractivity contribution in [3.63, 3.8) is 0 Å². The zero-order chi connectivity index (χ0) is 22.7. The number of piperidine rings is 1. The standard InChI is InChI=1S/C21H23ClN4O5S/c22-16-10-17-18(31-13-21(28)24-17)11-19(16)32(29,30)25-15-6-8-26(9-7-15)12-20(27)23-14-4-2-1-3-5-14/h1-5,10-11,15,25H,6-9,12-13H2,(H,23,27)(H,24,28). The summed E-state index contributed by atoms with van der Waals surface area (Å²) in [7, 11) is -3.89. The minimum absolute atomic E-state index is 0.00271. The summed E-state index contributed by atoms with van der Waals surface area (Å²) in [6, 6.07) is 11.6. The Labute approximate surface area is 191 Å². The van der Waals surface area contributed by atoms with Crippen LogP contribution >= 0.6 is 11.6 Å². The molecule has 9 nitrogen and oxygen atoms in total. The first-order valence-corrected chi connectivity index (χ1v) is 12.0. The molecule has 0 bridgehead atoms. The molecular formula is C21H23ClN4O5S. The number of ether oxygens (including phenoxy) is 1. The summed E-state index contributed by atoms with van der Waals surface area (Å²) in [4.78, 5) is 25.6. The van der Waals surface area contributed by atoms with Gasteiger partial charge in [0.15, 0.2) is 6.61 Å². The van der Waals surface area contributed by atoms with E-state index in [1.807, 2.05) is 35.2 Å². The van der Waals surface area contributed by atoms with Gasteiger partial charge >= 0.3 is 0 Å². The SMILES string of the molecule is O=C(CN1CCC(NS(=O)(=O)c2cc3c(cc2Cl)NC(=O)CO3)CC1)Nc1ccccc1. The second kappa shape index (κ2) is 9.45. The third kappa shape index (κ3) is 5.39. The molecule has 0 saturated carbocycles. The number of anilines is 2. The third-order valence-electron chi connectivity index (χ3n) is 5.29. The average Bonchev–Trinajstić information content (AvgIpc) is 2.75. The quantitative estimate of drug-likeness (QED) is 0.585. The number of carbonyl (C=O) groups is 2. The number of carbonyl (C=O) groups excluding carboxylic acids is 2. The van der Waals surface area contributed by atoms with Crippen LogP contribution in [0.25, 0.3) is 0 Å². The van der Waals surface area contributed by atoms with E-state index in [1.165, 1.54) is 12.1 Å². The molecule has 170 valence electrons. The van der Waals surface area contributed by atoms with Gasteiger partial charge in [-0.1, -0.05) is 29.8 Å². The van der Waals surface area contributed by atoms with Crippen molar-refractivity contribution in [2.24, 2.45) is 0 Å². The monoisotopic (exact) mass is 478 g/mol. The summed E-state index contributed by atoms with van der Waals surface area (Å²) in [5.41, 5.74) is 1.08. The predicted octanol–water partition coefficient (Wildman–Crippen LogP) is 2.05. The van der Waals surface area contributed by atoms with Crippen molar-refractivity contribution in [1.82, 2.24) is 9.62 Å². The van der Waals surface area contributed by atoms with E-state index in [1.54, 1.807) is 0 Å². The Hall–Kier alpha value is -2.66. The number of nitrogens with zero attached hydrogens (tertiary/aromatic N) is 1. The van der Waals surface area contributed by atoms with Crippen LogP contribution in [0.1, 0.15) is 12.8 Å². The van der Waals surface area contributed by atoms with E-state index < -0.39 is 10.0 Å².